The van der Waals surface area contributed by atoms with Gasteiger partial charge in [0.1, 0.15) is 0 Å². The molecule has 7 heavy (non-hydrogen) atoms. The molecular formula is C4H10BrOP. The van der Waals surface area contributed by atoms with Crippen LogP contribution in [0.25, 0.3) is 0 Å². The van der Waals surface area contributed by atoms with Crippen molar-refractivity contribution in [2.24, 2.45) is 0 Å². The molecular weight excluding hydrogens is 175 g/mol. The van der Waals surface area contributed by atoms with Crippen LogP contribution in [-0.4, -0.2) is 25.3 Å². The molecule has 44 valence electrons. The maximum absolute atomic E-state index is 5.21. The molecule has 0 atom stereocenters. The molecule has 0 unspecified atom stereocenters. The van der Waals surface area contributed by atoms with Crippen LogP contribution < -0.4 is 0 Å². The number of hydrogen-bond acceptors (Lipinski definition) is 1. The van der Waals surface area contributed by atoms with Crippen LogP contribution >= 0.6 is 24.1 Å². The number of hydrogen-bond donors (Lipinski definition) is 0. The van der Waals surface area contributed by atoms with Gasteiger partial charge >= 0.3 is 0 Å². The summed E-state index contributed by atoms with van der Waals surface area (Å²) in [6, 6.07) is 0. The van der Waals surface area contributed by atoms with E-state index in [0.29, 0.717) is 0 Å². The monoisotopic (exact) mass is 184 g/mol. The molecule has 0 saturated heterocycles. The topological polar surface area (TPSA) is 9.23 Å². The third kappa shape index (κ3) is 6.87. The molecule has 0 aromatic carbocycles. The lowest BCUT2D eigenvalue weighted by Crippen LogP contribution is -1.86. The molecule has 0 saturated carbocycles. The second-order valence-electron chi connectivity index (χ2n) is 1.33. The molecule has 3 heteroatoms. The first-order valence-corrected chi connectivity index (χ1v) is 5.41. The molecule has 0 aliphatic rings. The number of rotatable bonds is 3. The van der Waals surface area contributed by atoms with Crippen molar-refractivity contribution >= 4 is 24.1 Å². The van der Waals surface area contributed by atoms with E-state index in [2.05, 4.69) is 29.3 Å². The van der Waals surface area contributed by atoms with Crippen molar-refractivity contribution in [1.82, 2.24) is 0 Å². The lowest BCUT2D eigenvalue weighted by Gasteiger charge is -2.02. The van der Waals surface area contributed by atoms with Crippen molar-refractivity contribution < 1.29 is 4.52 Å². The Morgan fingerprint density at radius 2 is 2.14 bits per heavy atom. The summed E-state index contributed by atoms with van der Waals surface area (Å²) >= 11 is 3.26. The van der Waals surface area contributed by atoms with Gasteiger partial charge in [0.15, 0.2) is 0 Å². The van der Waals surface area contributed by atoms with Crippen LogP contribution in [-0.2, 0) is 4.52 Å². The largest absolute Gasteiger partial charge is 0.359 e. The van der Waals surface area contributed by atoms with Gasteiger partial charge < -0.3 is 4.52 Å². The molecule has 0 aliphatic carbocycles. The Morgan fingerprint density at radius 1 is 1.57 bits per heavy atom. The van der Waals surface area contributed by atoms with Gasteiger partial charge in [-0.3, -0.25) is 0 Å². The quantitative estimate of drug-likeness (QED) is 0.482. The fourth-order valence-corrected chi connectivity index (χ4v) is 1.09. The van der Waals surface area contributed by atoms with E-state index in [4.69, 9.17) is 4.52 Å². The van der Waals surface area contributed by atoms with Crippen molar-refractivity contribution in [2.75, 3.05) is 25.3 Å². The third-order valence-corrected chi connectivity index (χ3v) is 1.45. The summed E-state index contributed by atoms with van der Waals surface area (Å²) in [5.41, 5.74) is 0. The highest BCUT2D eigenvalue weighted by Gasteiger charge is 1.87. The Kier molecular flexibility index (Phi) is 5.64. The normalized spacial score (nSPS) is 10.3. The fourth-order valence-electron chi connectivity index (χ4n) is 0.217. The summed E-state index contributed by atoms with van der Waals surface area (Å²) in [7, 11) is -0.136. The van der Waals surface area contributed by atoms with Crippen LogP contribution in [0.1, 0.15) is 0 Å². The predicted octanol–water partition coefficient (Wildman–Crippen LogP) is 2.05. The Hall–Kier alpha value is 0.870. The Balaban J connectivity index is 2.68. The maximum Gasteiger partial charge on any atom is 0.0605 e. The fraction of sp³-hybridized carbons (Fsp3) is 1.00. The van der Waals surface area contributed by atoms with Crippen molar-refractivity contribution in [2.45, 2.75) is 0 Å². The van der Waals surface area contributed by atoms with Crippen molar-refractivity contribution in [3.63, 3.8) is 0 Å². The lowest BCUT2D eigenvalue weighted by atomic mass is 10.9. The second-order valence-corrected chi connectivity index (χ2v) is 4.01. The van der Waals surface area contributed by atoms with E-state index in [1.165, 1.54) is 0 Å². The molecule has 0 radical (unpaired) electrons. The maximum atomic E-state index is 5.21. The van der Waals surface area contributed by atoms with Gasteiger partial charge in [0, 0.05) is 13.5 Å². The lowest BCUT2D eigenvalue weighted by molar-refractivity contribution is 0.389. The predicted molar refractivity (Wildman–Crippen MR) is 38.5 cm³/mol. The highest BCUT2D eigenvalue weighted by molar-refractivity contribution is 9.09. The highest BCUT2D eigenvalue weighted by atomic mass is 79.9. The van der Waals surface area contributed by atoms with E-state index >= 15 is 0 Å². The molecule has 0 heterocycles. The molecule has 0 bridgehead atoms. The van der Waals surface area contributed by atoms with Crippen LogP contribution in [0, 0.1) is 0 Å². The van der Waals surface area contributed by atoms with Gasteiger partial charge in [0.25, 0.3) is 0 Å². The van der Waals surface area contributed by atoms with E-state index in [1.807, 2.05) is 0 Å². The minimum absolute atomic E-state index is 0.136. The minimum Gasteiger partial charge on any atom is -0.359 e. The van der Waals surface area contributed by atoms with Crippen molar-refractivity contribution in [3.05, 3.63) is 0 Å². The van der Waals surface area contributed by atoms with Gasteiger partial charge in [-0.05, 0) is 13.3 Å². The van der Waals surface area contributed by atoms with Crippen molar-refractivity contribution in [1.29, 1.82) is 0 Å². The Labute approximate surface area is 54.4 Å². The summed E-state index contributed by atoms with van der Waals surface area (Å²) in [5, 5.41) is 0.952. The Morgan fingerprint density at radius 3 is 2.29 bits per heavy atom. The summed E-state index contributed by atoms with van der Waals surface area (Å²) < 4.78 is 5.21. The third-order valence-electron chi connectivity index (χ3n) is 0.427. The average Bonchev–Trinajstić information content (AvgIpc) is 1.61. The molecule has 0 aromatic heterocycles. The molecule has 0 fully saturated rings. The first-order valence-electron chi connectivity index (χ1n) is 2.13. The van der Waals surface area contributed by atoms with Crippen LogP contribution in [0.3, 0.4) is 0 Å². The van der Waals surface area contributed by atoms with Gasteiger partial charge in [0.05, 0.1) is 6.61 Å². The van der Waals surface area contributed by atoms with Gasteiger partial charge in [-0.15, -0.1) is 0 Å². The molecule has 0 spiro atoms. The van der Waals surface area contributed by atoms with Crippen LogP contribution in [0.4, 0.5) is 0 Å². The second kappa shape index (κ2) is 5.02. The molecule has 0 amide bonds. The highest BCUT2D eigenvalue weighted by Crippen LogP contribution is 2.24. The standard InChI is InChI=1S/C4H10BrOP/c1-7(2)6-4-3-5/h3-4H2,1-2H3. The SMILES string of the molecule is CP(C)OCCBr. The number of halogens is 1. The first-order chi connectivity index (χ1) is 3.27. The summed E-state index contributed by atoms with van der Waals surface area (Å²) in [4.78, 5) is 0. The van der Waals surface area contributed by atoms with Crippen LogP contribution in [0.2, 0.25) is 0 Å². The number of alkyl halides is 1. The minimum atomic E-state index is -0.136. The van der Waals surface area contributed by atoms with E-state index in [0.717, 1.165) is 11.9 Å². The first kappa shape index (κ1) is 7.87. The summed E-state index contributed by atoms with van der Waals surface area (Å²) in [6.07, 6.45) is 0. The molecule has 0 rings (SSSR count). The Bertz CT molecular complexity index is 40.7. The molecule has 0 aromatic rings. The van der Waals surface area contributed by atoms with Gasteiger partial charge in [-0.1, -0.05) is 15.9 Å². The smallest absolute Gasteiger partial charge is 0.0605 e. The van der Waals surface area contributed by atoms with E-state index in [1.54, 1.807) is 0 Å². The van der Waals surface area contributed by atoms with Crippen LogP contribution in [0.5, 0.6) is 0 Å². The van der Waals surface area contributed by atoms with Crippen LogP contribution in [0.15, 0.2) is 0 Å². The summed E-state index contributed by atoms with van der Waals surface area (Å²) in [5.74, 6) is 0. The molecule has 0 N–H and O–H groups in total. The van der Waals surface area contributed by atoms with E-state index in [9.17, 15) is 0 Å². The van der Waals surface area contributed by atoms with Crippen molar-refractivity contribution in [3.8, 4) is 0 Å². The average molecular weight is 185 g/mol. The zero-order chi connectivity index (χ0) is 5.70. The van der Waals surface area contributed by atoms with Gasteiger partial charge in [-0.2, -0.15) is 0 Å². The molecule has 1 nitrogen and oxygen atoms in total. The summed E-state index contributed by atoms with van der Waals surface area (Å²) in [6.45, 7) is 5.04. The van der Waals surface area contributed by atoms with Gasteiger partial charge in [0.2, 0.25) is 0 Å². The molecule has 0 aliphatic heterocycles. The van der Waals surface area contributed by atoms with E-state index < -0.39 is 0 Å². The van der Waals surface area contributed by atoms with Gasteiger partial charge in [-0.25, -0.2) is 0 Å². The zero-order valence-corrected chi connectivity index (χ0v) is 7.13. The zero-order valence-electron chi connectivity index (χ0n) is 4.65. The van der Waals surface area contributed by atoms with E-state index in [-0.39, 0.29) is 8.15 Å².